The third-order valence-electron chi connectivity index (χ3n) is 3.84. The van der Waals surface area contributed by atoms with Crippen molar-refractivity contribution in [3.8, 4) is 17.2 Å². The summed E-state index contributed by atoms with van der Waals surface area (Å²) in [7, 11) is 3.22. The highest BCUT2D eigenvalue weighted by atomic mass is 16.5. The Bertz CT molecular complexity index is 733. The first kappa shape index (κ1) is 16.0. The van der Waals surface area contributed by atoms with Crippen LogP contribution in [0.25, 0.3) is 0 Å². The summed E-state index contributed by atoms with van der Waals surface area (Å²) in [4.78, 5) is 12.2. The predicted octanol–water partition coefficient (Wildman–Crippen LogP) is 2.83. The van der Waals surface area contributed by atoms with E-state index in [1.807, 2.05) is 30.3 Å². The van der Waals surface area contributed by atoms with Gasteiger partial charge >= 0.3 is 6.03 Å². The average molecular weight is 328 g/mol. The van der Waals surface area contributed by atoms with Crippen LogP contribution < -0.4 is 24.8 Å². The molecule has 0 saturated heterocycles. The number of rotatable bonds is 4. The molecule has 6 heteroatoms. The van der Waals surface area contributed by atoms with Gasteiger partial charge < -0.3 is 24.8 Å². The first-order chi connectivity index (χ1) is 11.7. The van der Waals surface area contributed by atoms with Crippen molar-refractivity contribution >= 4 is 11.7 Å². The molecule has 0 spiro atoms. The van der Waals surface area contributed by atoms with Crippen molar-refractivity contribution in [3.05, 3.63) is 48.0 Å². The summed E-state index contributed by atoms with van der Waals surface area (Å²) in [5, 5.41) is 5.73. The Morgan fingerprint density at radius 1 is 1.12 bits per heavy atom. The van der Waals surface area contributed by atoms with E-state index < -0.39 is 0 Å². The topological polar surface area (TPSA) is 68.8 Å². The summed E-state index contributed by atoms with van der Waals surface area (Å²) < 4.78 is 16.1. The number of ether oxygens (including phenoxy) is 3. The van der Waals surface area contributed by atoms with Crippen LogP contribution in [0.5, 0.6) is 17.2 Å². The van der Waals surface area contributed by atoms with Gasteiger partial charge in [-0.25, -0.2) is 4.79 Å². The zero-order valence-corrected chi connectivity index (χ0v) is 13.7. The van der Waals surface area contributed by atoms with Gasteiger partial charge in [-0.2, -0.15) is 0 Å². The van der Waals surface area contributed by atoms with Gasteiger partial charge in [0.2, 0.25) is 0 Å². The molecule has 0 aromatic heterocycles. The molecule has 0 bridgehead atoms. The van der Waals surface area contributed by atoms with Gasteiger partial charge in [-0.15, -0.1) is 0 Å². The number of amides is 2. The van der Waals surface area contributed by atoms with Gasteiger partial charge in [0.1, 0.15) is 23.9 Å². The Morgan fingerprint density at radius 3 is 2.71 bits per heavy atom. The lowest BCUT2D eigenvalue weighted by molar-refractivity contribution is 0.222. The number of carbonyl (C=O) groups excluding carboxylic acids is 1. The Balaban J connectivity index is 1.60. The zero-order chi connectivity index (χ0) is 16.9. The van der Waals surface area contributed by atoms with Crippen LogP contribution >= 0.6 is 0 Å². The Hall–Kier alpha value is -2.89. The molecule has 1 atom stereocenters. The Labute approximate surface area is 140 Å². The van der Waals surface area contributed by atoms with E-state index in [1.54, 1.807) is 26.4 Å². The van der Waals surface area contributed by atoms with Gasteiger partial charge in [0.05, 0.1) is 20.3 Å². The van der Waals surface area contributed by atoms with Crippen LogP contribution in [-0.2, 0) is 6.42 Å². The van der Waals surface area contributed by atoms with Crippen molar-refractivity contribution in [3.63, 3.8) is 0 Å². The molecule has 3 rings (SSSR count). The minimum absolute atomic E-state index is 0.102. The second kappa shape index (κ2) is 7.12. The summed E-state index contributed by atoms with van der Waals surface area (Å²) in [6, 6.07) is 12.5. The number of methoxy groups -OCH3 is 2. The summed E-state index contributed by atoms with van der Waals surface area (Å²) in [6.07, 6.45) is 0.693. The Kier molecular flexibility index (Phi) is 4.74. The van der Waals surface area contributed by atoms with Crippen molar-refractivity contribution in [1.82, 2.24) is 5.32 Å². The molecule has 1 aliphatic rings. The molecule has 0 fully saturated rings. The first-order valence-electron chi connectivity index (χ1n) is 7.69. The molecule has 0 radical (unpaired) electrons. The van der Waals surface area contributed by atoms with Gasteiger partial charge in [-0.3, -0.25) is 0 Å². The van der Waals surface area contributed by atoms with Crippen LogP contribution in [-0.4, -0.2) is 32.9 Å². The van der Waals surface area contributed by atoms with Gasteiger partial charge in [-0.1, -0.05) is 6.07 Å². The summed E-state index contributed by atoms with van der Waals surface area (Å²) in [6.45, 7) is 0.435. The van der Waals surface area contributed by atoms with Crippen molar-refractivity contribution in [1.29, 1.82) is 0 Å². The van der Waals surface area contributed by atoms with Crippen molar-refractivity contribution in [2.75, 3.05) is 26.1 Å². The van der Waals surface area contributed by atoms with Gasteiger partial charge in [0.25, 0.3) is 0 Å². The number of hydrogen-bond donors (Lipinski definition) is 2. The van der Waals surface area contributed by atoms with Crippen LogP contribution in [0.15, 0.2) is 42.5 Å². The number of anilines is 1. The fourth-order valence-corrected chi connectivity index (χ4v) is 2.64. The molecule has 0 saturated carbocycles. The highest BCUT2D eigenvalue weighted by Gasteiger charge is 2.22. The highest BCUT2D eigenvalue weighted by Crippen LogP contribution is 2.28. The third kappa shape index (κ3) is 3.71. The minimum Gasteiger partial charge on any atom is -0.497 e. The van der Waals surface area contributed by atoms with E-state index in [9.17, 15) is 4.79 Å². The van der Waals surface area contributed by atoms with E-state index in [2.05, 4.69) is 10.6 Å². The first-order valence-corrected chi connectivity index (χ1v) is 7.69. The predicted molar refractivity (Wildman–Crippen MR) is 91.1 cm³/mol. The van der Waals surface area contributed by atoms with Gasteiger partial charge in [0.15, 0.2) is 0 Å². The van der Waals surface area contributed by atoms with E-state index in [-0.39, 0.29) is 12.1 Å². The fourth-order valence-electron chi connectivity index (χ4n) is 2.64. The quantitative estimate of drug-likeness (QED) is 0.905. The SMILES string of the molecule is COc1cccc(NC(=O)N[C@H]2COc3ccc(OC)cc3C2)c1. The van der Waals surface area contributed by atoms with Crippen molar-refractivity contribution < 1.29 is 19.0 Å². The molecule has 2 N–H and O–H groups in total. The molecule has 126 valence electrons. The molecule has 1 heterocycles. The van der Waals surface area contributed by atoms with Crippen LogP contribution in [0.2, 0.25) is 0 Å². The molecule has 24 heavy (non-hydrogen) atoms. The molecular weight excluding hydrogens is 308 g/mol. The molecule has 2 amide bonds. The van der Waals surface area contributed by atoms with Gasteiger partial charge in [0, 0.05) is 11.8 Å². The molecule has 0 unspecified atom stereocenters. The standard InChI is InChI=1S/C18H20N2O4/c1-22-15-5-3-4-13(10-15)19-18(21)20-14-8-12-9-16(23-2)6-7-17(12)24-11-14/h3-7,9-10,14H,8,11H2,1-2H3,(H2,19,20,21)/t14-/m1/s1. The zero-order valence-electron chi connectivity index (χ0n) is 13.7. The molecule has 6 nitrogen and oxygen atoms in total. The van der Waals surface area contributed by atoms with Crippen LogP contribution in [0.4, 0.5) is 10.5 Å². The van der Waals surface area contributed by atoms with Crippen LogP contribution in [0.3, 0.4) is 0 Å². The van der Waals surface area contributed by atoms with E-state index >= 15 is 0 Å². The maximum absolute atomic E-state index is 12.2. The summed E-state index contributed by atoms with van der Waals surface area (Å²) in [5.74, 6) is 2.30. The largest absolute Gasteiger partial charge is 0.497 e. The van der Waals surface area contributed by atoms with E-state index in [0.717, 1.165) is 17.1 Å². The summed E-state index contributed by atoms with van der Waals surface area (Å²) >= 11 is 0. The van der Waals surface area contributed by atoms with E-state index in [4.69, 9.17) is 14.2 Å². The summed E-state index contributed by atoms with van der Waals surface area (Å²) in [5.41, 5.74) is 1.69. The molecule has 0 aliphatic carbocycles. The monoisotopic (exact) mass is 328 g/mol. The second-order valence-corrected chi connectivity index (χ2v) is 5.52. The lowest BCUT2D eigenvalue weighted by atomic mass is 10.0. The molecule has 1 aliphatic heterocycles. The smallest absolute Gasteiger partial charge is 0.319 e. The van der Waals surface area contributed by atoms with Crippen LogP contribution in [0, 0.1) is 0 Å². The number of benzene rings is 2. The highest BCUT2D eigenvalue weighted by molar-refractivity contribution is 5.89. The van der Waals surface area contributed by atoms with E-state index in [0.29, 0.717) is 24.5 Å². The number of fused-ring (bicyclic) bond motifs is 1. The molecular formula is C18H20N2O4. The maximum atomic E-state index is 12.2. The van der Waals surface area contributed by atoms with Crippen molar-refractivity contribution in [2.24, 2.45) is 0 Å². The van der Waals surface area contributed by atoms with Crippen LogP contribution in [0.1, 0.15) is 5.56 Å². The molecule has 2 aromatic carbocycles. The fraction of sp³-hybridized carbons (Fsp3) is 0.278. The number of urea groups is 1. The number of nitrogens with one attached hydrogen (secondary N) is 2. The molecule has 2 aromatic rings. The normalized spacial score (nSPS) is 15.7. The third-order valence-corrected chi connectivity index (χ3v) is 3.84. The lowest BCUT2D eigenvalue weighted by Crippen LogP contribution is -2.44. The minimum atomic E-state index is -0.275. The van der Waals surface area contributed by atoms with Crippen molar-refractivity contribution in [2.45, 2.75) is 12.5 Å². The Morgan fingerprint density at radius 2 is 1.92 bits per heavy atom. The van der Waals surface area contributed by atoms with E-state index in [1.165, 1.54) is 0 Å². The number of carbonyl (C=O) groups is 1. The second-order valence-electron chi connectivity index (χ2n) is 5.52. The van der Waals surface area contributed by atoms with Gasteiger partial charge in [-0.05, 0) is 42.3 Å². The lowest BCUT2D eigenvalue weighted by Gasteiger charge is -2.26. The maximum Gasteiger partial charge on any atom is 0.319 e. The number of hydrogen-bond acceptors (Lipinski definition) is 4. The average Bonchev–Trinajstić information content (AvgIpc) is 2.61.